The Morgan fingerprint density at radius 1 is 0.875 bits per heavy atom. The summed E-state index contributed by atoms with van der Waals surface area (Å²) >= 11 is 0. The average molecular weight is 443 g/mol. The van der Waals surface area contributed by atoms with Gasteiger partial charge in [-0.05, 0) is 91.6 Å². The lowest BCUT2D eigenvalue weighted by Gasteiger charge is -2.62. The van der Waals surface area contributed by atoms with Crippen LogP contribution in [0.5, 0.6) is 0 Å². The van der Waals surface area contributed by atoms with E-state index in [0.717, 1.165) is 57.9 Å². The molecule has 5 heteroatoms. The molecule has 0 aromatic carbocycles. The molecule has 1 aliphatic heterocycles. The normalized spacial score (nSPS) is 51.6. The number of ether oxygens (including phenoxy) is 1. The number of hydrogen-bond acceptors (Lipinski definition) is 4. The molecule has 4 aliphatic carbocycles. The van der Waals surface area contributed by atoms with Gasteiger partial charge in [-0.3, -0.25) is 4.90 Å². The summed E-state index contributed by atoms with van der Waals surface area (Å²) in [5, 5.41) is 22.6. The first-order chi connectivity index (χ1) is 15.4. The summed E-state index contributed by atoms with van der Waals surface area (Å²) in [7, 11) is 0. The van der Waals surface area contributed by atoms with E-state index in [-0.39, 0.29) is 29.7 Å². The summed E-state index contributed by atoms with van der Waals surface area (Å²) in [6, 6.07) is 4.68. The van der Waals surface area contributed by atoms with Gasteiger partial charge in [0.05, 0.1) is 31.5 Å². The van der Waals surface area contributed by atoms with Crippen molar-refractivity contribution in [3.05, 3.63) is 24.5 Å². The maximum absolute atomic E-state index is 11.5. The zero-order valence-electron chi connectivity index (χ0n) is 19.9. The molecular formula is C27H42N2O3. The van der Waals surface area contributed by atoms with Crippen LogP contribution >= 0.6 is 0 Å². The van der Waals surface area contributed by atoms with Crippen LogP contribution in [0.25, 0.3) is 0 Å². The van der Waals surface area contributed by atoms with E-state index in [1.165, 1.54) is 19.3 Å². The molecule has 5 fully saturated rings. The fraction of sp³-hybridized carbons (Fsp3) is 0.852. The Bertz CT molecular complexity index is 808. The number of aliphatic hydroxyl groups excluding tert-OH is 2. The lowest BCUT2D eigenvalue weighted by Crippen LogP contribution is -2.61. The van der Waals surface area contributed by atoms with Crippen molar-refractivity contribution >= 4 is 0 Å². The number of rotatable bonds is 2. The molecule has 5 unspecified atom stereocenters. The fourth-order valence-corrected chi connectivity index (χ4v) is 9.40. The second kappa shape index (κ2) is 7.83. The number of aliphatic hydroxyl groups is 2. The van der Waals surface area contributed by atoms with Gasteiger partial charge in [-0.15, -0.1) is 0 Å². The molecule has 6 rings (SSSR count). The van der Waals surface area contributed by atoms with Gasteiger partial charge >= 0.3 is 0 Å². The van der Waals surface area contributed by atoms with E-state index in [1.54, 1.807) is 0 Å². The molecule has 1 aromatic rings. The highest BCUT2D eigenvalue weighted by atomic mass is 16.5. The molecule has 178 valence electrons. The molecule has 10 atom stereocenters. The minimum atomic E-state index is -0.249. The Kier molecular flexibility index (Phi) is 5.29. The van der Waals surface area contributed by atoms with E-state index in [9.17, 15) is 10.2 Å². The molecule has 0 amide bonds. The van der Waals surface area contributed by atoms with Gasteiger partial charge < -0.3 is 19.5 Å². The smallest absolute Gasteiger partial charge is 0.0803 e. The van der Waals surface area contributed by atoms with E-state index in [4.69, 9.17) is 4.74 Å². The molecule has 0 spiro atoms. The first-order valence-electron chi connectivity index (χ1n) is 13.2. The summed E-state index contributed by atoms with van der Waals surface area (Å²) < 4.78 is 7.87. The quantitative estimate of drug-likeness (QED) is 0.733. The van der Waals surface area contributed by atoms with E-state index in [2.05, 4.69) is 47.8 Å². The van der Waals surface area contributed by atoms with Crippen LogP contribution in [0.15, 0.2) is 24.5 Å². The average Bonchev–Trinajstić information content (AvgIpc) is 3.41. The highest BCUT2D eigenvalue weighted by Gasteiger charge is 2.63. The zero-order valence-corrected chi connectivity index (χ0v) is 19.9. The van der Waals surface area contributed by atoms with Crippen molar-refractivity contribution in [3.8, 4) is 0 Å². The van der Waals surface area contributed by atoms with Gasteiger partial charge in [0.2, 0.25) is 0 Å². The van der Waals surface area contributed by atoms with E-state index >= 15 is 0 Å². The summed E-state index contributed by atoms with van der Waals surface area (Å²) in [5.41, 5.74) is 0.347. The molecule has 4 saturated carbocycles. The number of fused-ring (bicyclic) bond motifs is 5. The first kappa shape index (κ1) is 21.6. The molecule has 2 N–H and O–H groups in total. The molecule has 1 aromatic heterocycles. The third-order valence-electron chi connectivity index (χ3n) is 11.2. The van der Waals surface area contributed by atoms with Gasteiger partial charge in [0.1, 0.15) is 0 Å². The second-order valence-corrected chi connectivity index (χ2v) is 12.3. The molecule has 2 heterocycles. The van der Waals surface area contributed by atoms with Crippen molar-refractivity contribution in [2.75, 3.05) is 26.3 Å². The lowest BCUT2D eigenvalue weighted by molar-refractivity contribution is -0.158. The Morgan fingerprint density at radius 2 is 1.62 bits per heavy atom. The molecular weight excluding hydrogens is 400 g/mol. The highest BCUT2D eigenvalue weighted by molar-refractivity contribution is 5.14. The molecule has 5 aliphatic rings. The SMILES string of the molecule is C[C@]12CC(N3CCOCC3)C(O)CC1CC[C@@H]1[C@@H]2CC[C@]2(C)C(O)C(n3cccc3)C[C@@H]12. The van der Waals surface area contributed by atoms with Crippen LogP contribution in [0.1, 0.15) is 64.8 Å². The van der Waals surface area contributed by atoms with Crippen molar-refractivity contribution in [2.24, 2.45) is 34.5 Å². The van der Waals surface area contributed by atoms with Gasteiger partial charge in [-0.1, -0.05) is 13.8 Å². The maximum Gasteiger partial charge on any atom is 0.0803 e. The van der Waals surface area contributed by atoms with Gasteiger partial charge in [0.25, 0.3) is 0 Å². The molecule has 1 saturated heterocycles. The van der Waals surface area contributed by atoms with Crippen molar-refractivity contribution < 1.29 is 14.9 Å². The number of aromatic nitrogens is 1. The van der Waals surface area contributed by atoms with Gasteiger partial charge in [0, 0.05) is 31.5 Å². The van der Waals surface area contributed by atoms with Crippen molar-refractivity contribution in [2.45, 2.75) is 83.1 Å². The van der Waals surface area contributed by atoms with E-state index in [0.29, 0.717) is 23.2 Å². The maximum atomic E-state index is 11.5. The standard InChI is InChI=1S/C27H42N2O3/c1-26-8-7-20-19(21(26)16-22(25(26)31)28-9-3-4-10-28)6-5-18-15-24(30)23(17-27(18,20)2)29-11-13-32-14-12-29/h3-4,9-10,18-25,30-31H,5-8,11-17H2,1-2H3/t18?,19-,20+,21+,22?,23?,24?,25?,26+,27+/m1/s1. The third-order valence-corrected chi connectivity index (χ3v) is 11.2. The highest BCUT2D eigenvalue weighted by Crippen LogP contribution is 2.67. The Morgan fingerprint density at radius 3 is 2.38 bits per heavy atom. The van der Waals surface area contributed by atoms with Crippen LogP contribution < -0.4 is 0 Å². The largest absolute Gasteiger partial charge is 0.391 e. The molecule has 0 bridgehead atoms. The molecule has 5 nitrogen and oxygen atoms in total. The van der Waals surface area contributed by atoms with Gasteiger partial charge in [0.15, 0.2) is 0 Å². The number of nitrogens with zero attached hydrogens (tertiary/aromatic N) is 2. The number of hydrogen-bond donors (Lipinski definition) is 2. The minimum Gasteiger partial charge on any atom is -0.391 e. The Hall–Kier alpha value is -0.880. The fourth-order valence-electron chi connectivity index (χ4n) is 9.40. The second-order valence-electron chi connectivity index (χ2n) is 12.3. The summed E-state index contributed by atoms with van der Waals surface area (Å²) in [4.78, 5) is 2.52. The van der Waals surface area contributed by atoms with E-state index < -0.39 is 0 Å². The van der Waals surface area contributed by atoms with Crippen LogP contribution in [0.2, 0.25) is 0 Å². The summed E-state index contributed by atoms with van der Waals surface area (Å²) in [6.07, 6.45) is 12.0. The van der Waals surface area contributed by atoms with Gasteiger partial charge in [-0.25, -0.2) is 0 Å². The van der Waals surface area contributed by atoms with Gasteiger partial charge in [-0.2, -0.15) is 0 Å². The lowest BCUT2D eigenvalue weighted by atomic mass is 9.44. The number of morpholine rings is 1. The van der Waals surface area contributed by atoms with Crippen molar-refractivity contribution in [3.63, 3.8) is 0 Å². The van der Waals surface area contributed by atoms with Crippen LogP contribution in [0.4, 0.5) is 0 Å². The Balaban J connectivity index is 1.27. The minimum absolute atomic E-state index is 0.0388. The molecule has 0 radical (unpaired) electrons. The van der Waals surface area contributed by atoms with Crippen LogP contribution in [0.3, 0.4) is 0 Å². The topological polar surface area (TPSA) is 57.9 Å². The van der Waals surface area contributed by atoms with Crippen molar-refractivity contribution in [1.29, 1.82) is 0 Å². The first-order valence-corrected chi connectivity index (χ1v) is 13.2. The summed E-state index contributed by atoms with van der Waals surface area (Å²) in [5.74, 6) is 2.69. The monoisotopic (exact) mass is 442 g/mol. The van der Waals surface area contributed by atoms with Crippen molar-refractivity contribution in [1.82, 2.24) is 9.47 Å². The van der Waals surface area contributed by atoms with Crippen LogP contribution in [-0.4, -0.2) is 64.2 Å². The molecule has 32 heavy (non-hydrogen) atoms. The predicted molar refractivity (Wildman–Crippen MR) is 124 cm³/mol. The van der Waals surface area contributed by atoms with Crippen LogP contribution in [0, 0.1) is 34.5 Å². The Labute approximate surface area is 193 Å². The van der Waals surface area contributed by atoms with E-state index in [1.807, 2.05) is 0 Å². The predicted octanol–water partition coefficient (Wildman–Crippen LogP) is 3.71. The zero-order chi connectivity index (χ0) is 22.1. The summed E-state index contributed by atoms with van der Waals surface area (Å²) in [6.45, 7) is 8.48. The van der Waals surface area contributed by atoms with Crippen LogP contribution in [-0.2, 0) is 4.74 Å². The third kappa shape index (κ3) is 3.10.